The number of carbonyl (C=O) groups excluding carboxylic acids is 2. The van der Waals surface area contributed by atoms with Gasteiger partial charge in [-0.15, -0.1) is 0 Å². The maximum atomic E-state index is 11.8. The Labute approximate surface area is 305 Å². The quantitative estimate of drug-likeness (QED) is 0.265. The molecule has 12 heteroatoms. The molecule has 0 amide bonds. The number of aliphatic carboxylic acids is 2. The number of carbonyl (C=O) groups is 2. The average Bonchev–Trinajstić information content (AvgIpc) is 3.19. The minimum absolute atomic E-state index is 0. The summed E-state index contributed by atoms with van der Waals surface area (Å²) in [5.41, 5.74) is 0.423. The second kappa shape index (κ2) is 16.3. The van der Waals surface area contributed by atoms with Crippen LogP contribution in [0.25, 0.3) is 0 Å². The molecule has 0 spiro atoms. The van der Waals surface area contributed by atoms with Crippen molar-refractivity contribution in [2.45, 2.75) is 96.9 Å². The van der Waals surface area contributed by atoms with Gasteiger partial charge in [0.1, 0.15) is 0 Å². The first-order valence-corrected chi connectivity index (χ1v) is 17.6. The monoisotopic (exact) mass is 794 g/mol. The van der Waals surface area contributed by atoms with Crippen LogP contribution in [0.2, 0.25) is 0 Å². The van der Waals surface area contributed by atoms with Crippen LogP contribution in [0.3, 0.4) is 0 Å². The summed E-state index contributed by atoms with van der Waals surface area (Å²) in [6, 6.07) is 0.695. The summed E-state index contributed by atoms with van der Waals surface area (Å²) in [5.74, 6) is 0.682. The van der Waals surface area contributed by atoms with Gasteiger partial charge in [0.25, 0.3) is 0 Å². The summed E-state index contributed by atoms with van der Waals surface area (Å²) in [6.07, 6.45) is 8.15. The van der Waals surface area contributed by atoms with E-state index in [0.717, 1.165) is 67.2 Å². The van der Waals surface area contributed by atoms with Crippen LogP contribution in [0.15, 0.2) is 0 Å². The Hall–Kier alpha value is -0.340. The highest BCUT2D eigenvalue weighted by Crippen LogP contribution is 2.66. The van der Waals surface area contributed by atoms with Gasteiger partial charge in [0, 0.05) is 50.2 Å². The molecule has 47 heavy (non-hydrogen) atoms. The molecule has 2 heterocycles. The fourth-order valence-corrected chi connectivity index (χ4v) is 10.7. The molecular formula is C35H64Br2N4O6-2. The van der Waals surface area contributed by atoms with Crippen molar-refractivity contribution >= 4 is 11.9 Å². The lowest BCUT2D eigenvalue weighted by molar-refractivity contribution is -0.894. The van der Waals surface area contributed by atoms with Crippen LogP contribution in [-0.2, 0) is 9.59 Å². The molecule has 0 aromatic heterocycles. The van der Waals surface area contributed by atoms with Gasteiger partial charge in [-0.1, -0.05) is 13.8 Å². The average molecular weight is 797 g/mol. The number of hydrogen-bond acceptors (Lipinski definition) is 8. The van der Waals surface area contributed by atoms with Gasteiger partial charge in [-0.3, -0.25) is 9.80 Å². The number of hydrogen-bond donors (Lipinski definition) is 2. The summed E-state index contributed by atoms with van der Waals surface area (Å²) < 4.78 is 2.23. The van der Waals surface area contributed by atoms with Crippen molar-refractivity contribution in [1.82, 2.24) is 9.80 Å². The molecule has 4 saturated carbocycles. The van der Waals surface area contributed by atoms with E-state index >= 15 is 0 Å². The zero-order valence-corrected chi connectivity index (χ0v) is 33.5. The molecule has 0 radical (unpaired) electrons. The van der Waals surface area contributed by atoms with Crippen molar-refractivity contribution in [2.24, 2.45) is 34.5 Å². The topological polar surface area (TPSA) is 127 Å². The molecule has 6 aliphatic rings. The largest absolute Gasteiger partial charge is 1.00 e. The number of carboxylic acids is 2. The first kappa shape index (κ1) is 42.8. The highest BCUT2D eigenvalue weighted by atomic mass is 79.9. The molecule has 2 saturated heterocycles. The fourth-order valence-electron chi connectivity index (χ4n) is 10.7. The van der Waals surface area contributed by atoms with Gasteiger partial charge in [-0.05, 0) is 93.3 Å². The summed E-state index contributed by atoms with van der Waals surface area (Å²) in [7, 11) is 9.41. The molecule has 6 rings (SSSR count). The summed E-state index contributed by atoms with van der Waals surface area (Å²) in [5, 5.41) is 40.9. The SMILES string of the molecule is CC(=O)[O-].CC(=O)[O-].C[C@]12CC(N3CC[N+](C)(C)CC3)C(O)CC1CC[C@@H]1[C@@H]2CC[C@]2(C)C(O)C(N3CC[N+](C)(C)CC3)C[C@@H]12.[Br-].[Br-]. The molecule has 6 fully saturated rings. The van der Waals surface area contributed by atoms with Crippen molar-refractivity contribution in [1.29, 1.82) is 0 Å². The maximum Gasteiger partial charge on any atom is 0.0912 e. The zero-order chi connectivity index (χ0) is 33.5. The Balaban J connectivity index is 0.000000694. The van der Waals surface area contributed by atoms with E-state index < -0.39 is 11.9 Å². The van der Waals surface area contributed by atoms with Crippen molar-refractivity contribution in [2.75, 3.05) is 80.5 Å². The number of fused-ring (bicyclic) bond motifs is 5. The zero-order valence-electron chi connectivity index (χ0n) is 30.3. The number of likely N-dealkylation sites (N-methyl/N-ethyl adjacent to an activating group) is 2. The van der Waals surface area contributed by atoms with E-state index in [1.165, 1.54) is 64.7 Å². The number of aliphatic hydroxyl groups is 2. The predicted octanol–water partition coefficient (Wildman–Crippen LogP) is -5.99. The van der Waals surface area contributed by atoms with Gasteiger partial charge < -0.3 is 72.9 Å². The van der Waals surface area contributed by atoms with Gasteiger partial charge in [-0.25, -0.2) is 0 Å². The molecule has 10 atom stereocenters. The Morgan fingerprint density at radius 2 is 1.15 bits per heavy atom. The van der Waals surface area contributed by atoms with Crippen molar-refractivity contribution < 1.29 is 72.9 Å². The highest BCUT2D eigenvalue weighted by molar-refractivity contribution is 5.60. The lowest BCUT2D eigenvalue weighted by Crippen LogP contribution is -3.00. The van der Waals surface area contributed by atoms with Crippen LogP contribution in [0.4, 0.5) is 0 Å². The van der Waals surface area contributed by atoms with Gasteiger partial charge in [0.2, 0.25) is 0 Å². The second-order valence-electron chi connectivity index (χ2n) is 17.3. The third-order valence-corrected chi connectivity index (χ3v) is 13.6. The highest BCUT2D eigenvalue weighted by Gasteiger charge is 2.64. The number of piperazine rings is 2. The Bertz CT molecular complexity index is 1030. The lowest BCUT2D eigenvalue weighted by atomic mass is 9.44. The fraction of sp³-hybridized carbons (Fsp3) is 0.943. The van der Waals surface area contributed by atoms with Crippen molar-refractivity contribution in [3.8, 4) is 0 Å². The molecule has 4 aliphatic carbocycles. The van der Waals surface area contributed by atoms with E-state index in [1.54, 1.807) is 0 Å². The third kappa shape index (κ3) is 9.51. The molecule has 2 aliphatic heterocycles. The third-order valence-electron chi connectivity index (χ3n) is 13.6. The van der Waals surface area contributed by atoms with Crippen LogP contribution in [0.1, 0.15) is 72.6 Å². The Kier molecular flexibility index (Phi) is 14.9. The smallest absolute Gasteiger partial charge is 0.0912 e. The number of nitrogens with zero attached hydrogens (tertiary/aromatic N) is 4. The molecule has 5 unspecified atom stereocenters. The number of rotatable bonds is 2. The normalized spacial score (nSPS) is 42.2. The standard InChI is InChI=1S/C31H58N4O2.2C2H4O2.2BrH/c1-30-10-9-24-23(25(30)20-26(29(30)37)32-11-15-34(3,4)16-12-32)8-7-22-19-28(36)27(21-31(22,24)2)33-13-17-35(5,6)18-14-33;2*1-2(3)4;;/h22-29,36-37H,7-21H2,1-6H3;2*1H3,(H,3,4);2*1H/q+2;;;;/p-4/t22?,23-,24+,25+,26?,27?,28?,29?,30+,31+;;;;/m1..../s1. The maximum absolute atomic E-state index is 11.8. The van der Waals surface area contributed by atoms with E-state index in [0.29, 0.717) is 29.3 Å². The minimum atomic E-state index is -1.08. The van der Waals surface area contributed by atoms with Gasteiger partial charge in [-0.2, -0.15) is 0 Å². The van der Waals surface area contributed by atoms with E-state index in [1.807, 2.05) is 0 Å². The van der Waals surface area contributed by atoms with Crippen LogP contribution < -0.4 is 44.2 Å². The van der Waals surface area contributed by atoms with Crippen LogP contribution >= 0.6 is 0 Å². The predicted molar refractivity (Wildman–Crippen MR) is 170 cm³/mol. The lowest BCUT2D eigenvalue weighted by Gasteiger charge is -2.62. The second-order valence-corrected chi connectivity index (χ2v) is 17.3. The number of quaternary nitrogens is 2. The molecule has 2 N–H and O–H groups in total. The Morgan fingerprint density at radius 3 is 1.62 bits per heavy atom. The minimum Gasteiger partial charge on any atom is -1.00 e. The molecule has 0 aromatic rings. The van der Waals surface area contributed by atoms with Gasteiger partial charge >= 0.3 is 0 Å². The van der Waals surface area contributed by atoms with Crippen LogP contribution in [0.5, 0.6) is 0 Å². The van der Waals surface area contributed by atoms with Crippen LogP contribution in [-0.4, -0.2) is 146 Å². The van der Waals surface area contributed by atoms with E-state index in [4.69, 9.17) is 19.8 Å². The van der Waals surface area contributed by atoms with E-state index in [9.17, 15) is 10.2 Å². The number of aliphatic hydroxyl groups excluding tert-OH is 2. The molecule has 10 nitrogen and oxygen atoms in total. The van der Waals surface area contributed by atoms with Gasteiger partial charge in [0.05, 0.1) is 66.6 Å². The van der Waals surface area contributed by atoms with Crippen LogP contribution in [0, 0.1) is 34.5 Å². The first-order valence-electron chi connectivity index (χ1n) is 17.6. The molecular weight excluding hydrogens is 732 g/mol. The number of carboxylic acid groups (broad SMARTS) is 2. The van der Waals surface area contributed by atoms with Crippen molar-refractivity contribution in [3.63, 3.8) is 0 Å². The Morgan fingerprint density at radius 1 is 0.702 bits per heavy atom. The summed E-state index contributed by atoms with van der Waals surface area (Å²) in [6.45, 7) is 16.4. The summed E-state index contributed by atoms with van der Waals surface area (Å²) >= 11 is 0. The first-order chi connectivity index (χ1) is 20.8. The van der Waals surface area contributed by atoms with E-state index in [2.05, 4.69) is 51.8 Å². The van der Waals surface area contributed by atoms with Crippen molar-refractivity contribution in [3.05, 3.63) is 0 Å². The van der Waals surface area contributed by atoms with Gasteiger partial charge in [0.15, 0.2) is 0 Å². The van der Waals surface area contributed by atoms with E-state index in [-0.39, 0.29) is 51.6 Å². The summed E-state index contributed by atoms with van der Waals surface area (Å²) in [4.78, 5) is 23.1. The molecule has 0 bridgehead atoms. The molecule has 0 aromatic carbocycles. The molecule has 276 valence electrons. The number of halogens is 2.